The van der Waals surface area contributed by atoms with Crippen LogP contribution in [0, 0.1) is 5.82 Å². The number of ether oxygens (including phenoxy) is 1. The Morgan fingerprint density at radius 2 is 1.88 bits per heavy atom. The summed E-state index contributed by atoms with van der Waals surface area (Å²) in [4.78, 5) is 14.3. The molecule has 1 amide bonds. The zero-order valence-corrected chi connectivity index (χ0v) is 14.9. The molecule has 1 aliphatic heterocycles. The topological polar surface area (TPSA) is 63.7 Å². The van der Waals surface area contributed by atoms with E-state index in [1.54, 1.807) is 30.3 Å². The highest BCUT2D eigenvalue weighted by Gasteiger charge is 2.32. The second-order valence-electron chi connectivity index (χ2n) is 5.81. The van der Waals surface area contributed by atoms with Gasteiger partial charge in [0.1, 0.15) is 11.6 Å². The Balaban J connectivity index is 2.01. The van der Waals surface area contributed by atoms with Gasteiger partial charge in [0.15, 0.2) is 9.84 Å². The number of nitrogens with zero attached hydrogens (tertiary/aromatic N) is 1. The third-order valence-electron chi connectivity index (χ3n) is 3.99. The molecule has 0 fully saturated rings. The molecule has 0 aromatic heterocycles. The quantitative estimate of drug-likeness (QED) is 0.805. The van der Waals surface area contributed by atoms with Gasteiger partial charge in [-0.05, 0) is 49.4 Å². The predicted molar refractivity (Wildman–Crippen MR) is 97.5 cm³/mol. The molecule has 7 heteroatoms. The molecule has 26 heavy (non-hydrogen) atoms. The lowest BCUT2D eigenvalue weighted by atomic mass is 10.1. The molecule has 1 aliphatic rings. The Kier molecular flexibility index (Phi) is 5.08. The van der Waals surface area contributed by atoms with Crippen LogP contribution in [0.15, 0.2) is 60.0 Å². The Morgan fingerprint density at radius 3 is 2.46 bits per heavy atom. The molecule has 0 bridgehead atoms. The lowest BCUT2D eigenvalue weighted by Gasteiger charge is -2.28. The van der Waals surface area contributed by atoms with Gasteiger partial charge < -0.3 is 9.64 Å². The Hall–Kier alpha value is -2.67. The van der Waals surface area contributed by atoms with Gasteiger partial charge in [-0.15, -0.1) is 0 Å². The van der Waals surface area contributed by atoms with Gasteiger partial charge in [0, 0.05) is 11.1 Å². The average molecular weight is 375 g/mol. The van der Waals surface area contributed by atoms with Crippen molar-refractivity contribution in [3.05, 3.63) is 71.4 Å². The van der Waals surface area contributed by atoms with Gasteiger partial charge in [0.25, 0.3) is 5.91 Å². The summed E-state index contributed by atoms with van der Waals surface area (Å²) in [5, 5.41) is 1.09. The Bertz CT molecular complexity index is 938. The number of halogens is 1. The van der Waals surface area contributed by atoms with E-state index in [4.69, 9.17) is 4.74 Å². The van der Waals surface area contributed by atoms with Crippen LogP contribution in [0.2, 0.25) is 0 Å². The number of anilines is 1. The van der Waals surface area contributed by atoms with Crippen LogP contribution < -0.4 is 9.64 Å². The summed E-state index contributed by atoms with van der Waals surface area (Å²) < 4.78 is 43.2. The molecule has 136 valence electrons. The molecule has 0 radical (unpaired) electrons. The first kappa shape index (κ1) is 18.1. The first-order valence-corrected chi connectivity index (χ1v) is 9.85. The molecule has 1 atom stereocenters. The number of sulfone groups is 1. The van der Waals surface area contributed by atoms with Crippen molar-refractivity contribution in [1.82, 2.24) is 0 Å². The van der Waals surface area contributed by atoms with Crippen molar-refractivity contribution in [2.45, 2.75) is 13.0 Å². The van der Waals surface area contributed by atoms with Gasteiger partial charge in [0.05, 0.1) is 24.0 Å². The molecular weight excluding hydrogens is 357 g/mol. The molecule has 0 N–H and O–H groups in total. The van der Waals surface area contributed by atoms with Crippen molar-refractivity contribution in [2.24, 2.45) is 0 Å². The van der Waals surface area contributed by atoms with Gasteiger partial charge in [-0.1, -0.05) is 12.1 Å². The summed E-state index contributed by atoms with van der Waals surface area (Å²) in [6, 6.07) is 11.6. The number of amides is 1. The number of rotatable bonds is 5. The van der Waals surface area contributed by atoms with E-state index in [2.05, 4.69) is 0 Å². The zero-order valence-electron chi connectivity index (χ0n) is 14.1. The van der Waals surface area contributed by atoms with E-state index in [0.29, 0.717) is 18.0 Å². The van der Waals surface area contributed by atoms with E-state index in [0.717, 1.165) is 5.41 Å². The second-order valence-corrected chi connectivity index (χ2v) is 7.74. The lowest BCUT2D eigenvalue weighted by molar-refractivity contribution is 0.0979. The maximum Gasteiger partial charge on any atom is 0.261 e. The Labute approximate surface area is 151 Å². The molecule has 5 nitrogen and oxygen atoms in total. The van der Waals surface area contributed by atoms with Gasteiger partial charge in [-0.25, -0.2) is 12.8 Å². The van der Waals surface area contributed by atoms with Crippen LogP contribution in [0.4, 0.5) is 10.1 Å². The van der Waals surface area contributed by atoms with Crippen LogP contribution >= 0.6 is 0 Å². The smallest absolute Gasteiger partial charge is 0.261 e. The van der Waals surface area contributed by atoms with Crippen molar-refractivity contribution in [1.29, 1.82) is 0 Å². The summed E-state index contributed by atoms with van der Waals surface area (Å²) in [7, 11) is -3.38. The standard InChI is InChI=1S/C19H18FNO4S/c1-2-25-16-9-7-14(8-10-16)21(15-11-12-26(23,24)13-15)19(22)17-5-3-4-6-18(17)20/h3-12,15H,2,13H2,1H3/t15-/m1/s1. The van der Waals surface area contributed by atoms with Crippen molar-refractivity contribution < 1.29 is 22.3 Å². The largest absolute Gasteiger partial charge is 0.494 e. The van der Waals surface area contributed by atoms with Crippen LogP contribution in [-0.2, 0) is 9.84 Å². The fourth-order valence-electron chi connectivity index (χ4n) is 2.81. The highest BCUT2D eigenvalue weighted by Crippen LogP contribution is 2.27. The fraction of sp³-hybridized carbons (Fsp3) is 0.211. The van der Waals surface area contributed by atoms with Gasteiger partial charge in [0.2, 0.25) is 0 Å². The van der Waals surface area contributed by atoms with Crippen molar-refractivity contribution in [2.75, 3.05) is 17.3 Å². The van der Waals surface area contributed by atoms with Crippen molar-refractivity contribution in [3.8, 4) is 5.75 Å². The molecule has 1 heterocycles. The Morgan fingerprint density at radius 1 is 1.19 bits per heavy atom. The van der Waals surface area contributed by atoms with Gasteiger partial charge in [-0.2, -0.15) is 0 Å². The molecule has 2 aromatic rings. The highest BCUT2D eigenvalue weighted by molar-refractivity contribution is 7.94. The van der Waals surface area contributed by atoms with Crippen molar-refractivity contribution >= 4 is 21.4 Å². The molecule has 0 aliphatic carbocycles. The van der Waals surface area contributed by atoms with Crippen LogP contribution in [-0.4, -0.2) is 32.7 Å². The summed E-state index contributed by atoms with van der Waals surface area (Å²) >= 11 is 0. The van der Waals surface area contributed by atoms with Crippen molar-refractivity contribution in [3.63, 3.8) is 0 Å². The highest BCUT2D eigenvalue weighted by atomic mass is 32.2. The SMILES string of the molecule is CCOc1ccc(N(C(=O)c2ccccc2F)[C@@H]2C=CS(=O)(=O)C2)cc1. The summed E-state index contributed by atoms with van der Waals surface area (Å²) in [6.07, 6.45) is 1.45. The second kappa shape index (κ2) is 7.29. The number of benzene rings is 2. The molecular formula is C19H18FNO4S. The number of hydrogen-bond donors (Lipinski definition) is 0. The number of carbonyl (C=O) groups is 1. The molecule has 0 spiro atoms. The lowest BCUT2D eigenvalue weighted by Crippen LogP contribution is -2.41. The van der Waals surface area contributed by atoms with E-state index in [9.17, 15) is 17.6 Å². The number of carbonyl (C=O) groups excluding carboxylic acids is 1. The van der Waals surface area contributed by atoms with Gasteiger partial charge in [-0.3, -0.25) is 4.79 Å². The molecule has 0 unspecified atom stereocenters. The first-order chi connectivity index (χ1) is 12.4. The molecule has 2 aromatic carbocycles. The first-order valence-electron chi connectivity index (χ1n) is 8.13. The van der Waals surface area contributed by atoms with E-state index >= 15 is 0 Å². The maximum absolute atomic E-state index is 14.1. The van der Waals surface area contributed by atoms with E-state index in [1.807, 2.05) is 6.92 Å². The third kappa shape index (κ3) is 3.77. The minimum atomic E-state index is -3.38. The van der Waals surface area contributed by atoms with Crippen LogP contribution in [0.25, 0.3) is 0 Å². The van der Waals surface area contributed by atoms with E-state index < -0.39 is 27.6 Å². The summed E-state index contributed by atoms with van der Waals surface area (Å²) in [5.41, 5.74) is 0.354. The van der Waals surface area contributed by atoms with E-state index in [1.165, 1.54) is 29.2 Å². The molecule has 0 saturated carbocycles. The summed E-state index contributed by atoms with van der Waals surface area (Å²) in [5.74, 6) is -0.859. The molecule has 3 rings (SSSR count). The van der Waals surface area contributed by atoms with Crippen LogP contribution in [0.3, 0.4) is 0 Å². The maximum atomic E-state index is 14.1. The number of hydrogen-bond acceptors (Lipinski definition) is 4. The third-order valence-corrected chi connectivity index (χ3v) is 5.37. The fourth-order valence-corrected chi connectivity index (χ4v) is 4.08. The average Bonchev–Trinajstić information content (AvgIpc) is 2.97. The monoisotopic (exact) mass is 375 g/mol. The molecule has 0 saturated heterocycles. The van der Waals surface area contributed by atoms with Crippen LogP contribution in [0.1, 0.15) is 17.3 Å². The van der Waals surface area contributed by atoms with E-state index in [-0.39, 0.29) is 11.3 Å². The summed E-state index contributed by atoms with van der Waals surface area (Å²) in [6.45, 7) is 2.36. The van der Waals surface area contributed by atoms with Gasteiger partial charge >= 0.3 is 0 Å². The normalized spacial score (nSPS) is 17.8. The minimum Gasteiger partial charge on any atom is -0.494 e. The minimum absolute atomic E-state index is 0.112. The zero-order chi connectivity index (χ0) is 18.7. The predicted octanol–water partition coefficient (Wildman–Crippen LogP) is 3.18. The van der Waals surface area contributed by atoms with Crippen LogP contribution in [0.5, 0.6) is 5.75 Å².